The Bertz CT molecular complexity index is 321. The van der Waals surface area contributed by atoms with Crippen molar-refractivity contribution in [3.05, 3.63) is 0 Å². The molecular formula is C9H13FN2O4. The SMILES string of the molecule is CCOC(C)CN1C(=O)NC(=O)C(F)C1=O. The summed E-state index contributed by atoms with van der Waals surface area (Å²) >= 11 is 0. The average molecular weight is 232 g/mol. The number of alkyl halides is 1. The van der Waals surface area contributed by atoms with Gasteiger partial charge in [-0.25, -0.2) is 9.18 Å². The predicted octanol–water partition coefficient (Wildman–Crippen LogP) is -0.172. The van der Waals surface area contributed by atoms with Gasteiger partial charge < -0.3 is 4.74 Å². The van der Waals surface area contributed by atoms with E-state index in [1.54, 1.807) is 19.2 Å². The highest BCUT2D eigenvalue weighted by Gasteiger charge is 2.41. The highest BCUT2D eigenvalue weighted by molar-refractivity contribution is 6.18. The first-order valence-corrected chi connectivity index (χ1v) is 4.89. The first-order chi connectivity index (χ1) is 7.47. The molecule has 1 aliphatic rings. The average Bonchev–Trinajstić information content (AvgIpc) is 2.22. The van der Waals surface area contributed by atoms with Crippen molar-refractivity contribution in [2.24, 2.45) is 0 Å². The lowest BCUT2D eigenvalue weighted by Crippen LogP contribution is -2.60. The van der Waals surface area contributed by atoms with E-state index in [-0.39, 0.29) is 6.54 Å². The molecule has 2 atom stereocenters. The maximum Gasteiger partial charge on any atom is 0.331 e. The molecule has 0 spiro atoms. The molecule has 7 heteroatoms. The minimum atomic E-state index is -2.31. The topological polar surface area (TPSA) is 75.7 Å². The number of nitrogens with zero attached hydrogens (tertiary/aromatic N) is 1. The van der Waals surface area contributed by atoms with Gasteiger partial charge in [0.15, 0.2) is 0 Å². The van der Waals surface area contributed by atoms with Crippen molar-refractivity contribution in [1.29, 1.82) is 0 Å². The van der Waals surface area contributed by atoms with Gasteiger partial charge in [0.25, 0.3) is 18.0 Å². The summed E-state index contributed by atoms with van der Waals surface area (Å²) in [4.78, 5) is 34.0. The van der Waals surface area contributed by atoms with Crippen LogP contribution in [-0.2, 0) is 14.3 Å². The van der Waals surface area contributed by atoms with Crippen LogP contribution in [0, 0.1) is 0 Å². The maximum atomic E-state index is 13.0. The van der Waals surface area contributed by atoms with E-state index in [4.69, 9.17) is 4.74 Å². The first-order valence-electron chi connectivity index (χ1n) is 4.89. The number of carbonyl (C=O) groups excluding carboxylic acids is 3. The molecule has 0 saturated carbocycles. The monoisotopic (exact) mass is 232 g/mol. The quantitative estimate of drug-likeness (QED) is 0.683. The molecule has 0 radical (unpaired) electrons. The molecule has 1 rings (SSSR count). The summed E-state index contributed by atoms with van der Waals surface area (Å²) in [7, 11) is 0. The minimum Gasteiger partial charge on any atom is -0.377 e. The lowest BCUT2D eigenvalue weighted by atomic mass is 10.2. The van der Waals surface area contributed by atoms with Crippen LogP contribution < -0.4 is 5.32 Å². The lowest BCUT2D eigenvalue weighted by Gasteiger charge is -2.28. The molecule has 0 bridgehead atoms. The van der Waals surface area contributed by atoms with Crippen molar-refractivity contribution in [1.82, 2.24) is 10.2 Å². The number of barbiturate groups is 1. The van der Waals surface area contributed by atoms with Gasteiger partial charge in [-0.15, -0.1) is 0 Å². The van der Waals surface area contributed by atoms with E-state index >= 15 is 0 Å². The highest BCUT2D eigenvalue weighted by atomic mass is 19.1. The predicted molar refractivity (Wildman–Crippen MR) is 51.2 cm³/mol. The molecular weight excluding hydrogens is 219 g/mol. The molecule has 1 aliphatic heterocycles. The smallest absolute Gasteiger partial charge is 0.331 e. The number of rotatable bonds is 4. The molecule has 1 heterocycles. The molecule has 90 valence electrons. The van der Waals surface area contributed by atoms with Crippen molar-refractivity contribution >= 4 is 17.8 Å². The molecule has 2 unspecified atom stereocenters. The maximum absolute atomic E-state index is 13.0. The summed E-state index contributed by atoms with van der Waals surface area (Å²) in [6.07, 6.45) is -2.72. The summed E-state index contributed by atoms with van der Waals surface area (Å²) < 4.78 is 18.2. The van der Waals surface area contributed by atoms with Crippen LogP contribution >= 0.6 is 0 Å². The van der Waals surface area contributed by atoms with Gasteiger partial charge in [-0.1, -0.05) is 0 Å². The third-order valence-corrected chi connectivity index (χ3v) is 2.08. The van der Waals surface area contributed by atoms with E-state index in [9.17, 15) is 18.8 Å². The Labute approximate surface area is 91.7 Å². The zero-order valence-electron chi connectivity index (χ0n) is 9.03. The highest BCUT2D eigenvalue weighted by Crippen LogP contribution is 2.08. The van der Waals surface area contributed by atoms with Gasteiger partial charge >= 0.3 is 6.03 Å². The number of carbonyl (C=O) groups is 3. The van der Waals surface area contributed by atoms with Crippen molar-refractivity contribution < 1.29 is 23.5 Å². The molecule has 0 aromatic rings. The summed E-state index contributed by atoms with van der Waals surface area (Å²) in [6, 6.07) is -0.907. The normalized spacial score (nSPS) is 23.3. The van der Waals surface area contributed by atoms with Crippen molar-refractivity contribution in [2.45, 2.75) is 26.1 Å². The second kappa shape index (κ2) is 5.02. The Balaban J connectivity index is 2.68. The van der Waals surface area contributed by atoms with Gasteiger partial charge in [0.1, 0.15) is 0 Å². The third-order valence-electron chi connectivity index (χ3n) is 2.08. The van der Waals surface area contributed by atoms with Gasteiger partial charge in [-0.05, 0) is 13.8 Å². The van der Waals surface area contributed by atoms with Gasteiger partial charge in [-0.2, -0.15) is 0 Å². The fourth-order valence-corrected chi connectivity index (χ4v) is 1.35. The summed E-state index contributed by atoms with van der Waals surface area (Å²) in [5, 5.41) is 1.75. The lowest BCUT2D eigenvalue weighted by molar-refractivity contribution is -0.145. The number of urea groups is 1. The van der Waals surface area contributed by atoms with Gasteiger partial charge in [0.05, 0.1) is 12.6 Å². The van der Waals surface area contributed by atoms with Crippen LogP contribution in [0.1, 0.15) is 13.8 Å². The number of imide groups is 2. The van der Waals surface area contributed by atoms with Crippen LogP contribution in [0.25, 0.3) is 0 Å². The van der Waals surface area contributed by atoms with E-state index in [0.717, 1.165) is 0 Å². The Hall–Kier alpha value is -1.50. The minimum absolute atomic E-state index is 0.0772. The number of hydrogen-bond donors (Lipinski definition) is 1. The molecule has 0 aromatic carbocycles. The van der Waals surface area contributed by atoms with Crippen LogP contribution in [0.15, 0.2) is 0 Å². The fraction of sp³-hybridized carbons (Fsp3) is 0.667. The molecule has 1 fully saturated rings. The standard InChI is InChI=1S/C9H13FN2O4/c1-3-16-5(2)4-12-8(14)6(10)7(13)11-9(12)15/h5-6H,3-4H2,1-2H3,(H,11,13,15). The molecule has 6 nitrogen and oxygen atoms in total. The van der Waals surface area contributed by atoms with Gasteiger partial charge in [0.2, 0.25) is 0 Å². The zero-order chi connectivity index (χ0) is 12.3. The van der Waals surface area contributed by atoms with Gasteiger partial charge in [0, 0.05) is 6.61 Å². The second-order valence-corrected chi connectivity index (χ2v) is 3.37. The zero-order valence-corrected chi connectivity index (χ0v) is 9.03. The molecule has 4 amide bonds. The van der Waals surface area contributed by atoms with Crippen LogP contribution in [0.4, 0.5) is 9.18 Å². The van der Waals surface area contributed by atoms with E-state index in [1.165, 1.54) is 0 Å². The van der Waals surface area contributed by atoms with E-state index in [0.29, 0.717) is 11.5 Å². The molecule has 1 saturated heterocycles. The van der Waals surface area contributed by atoms with Crippen LogP contribution in [-0.4, -0.2) is 48.2 Å². The van der Waals surface area contributed by atoms with Crippen LogP contribution in [0.2, 0.25) is 0 Å². The summed E-state index contributed by atoms with van der Waals surface area (Å²) in [5.74, 6) is -2.35. The molecule has 0 aromatic heterocycles. The molecule has 0 aliphatic carbocycles. The number of hydrogen-bond acceptors (Lipinski definition) is 4. The Kier molecular flexibility index (Phi) is 3.94. The Morgan fingerprint density at radius 3 is 2.69 bits per heavy atom. The third kappa shape index (κ3) is 2.54. The van der Waals surface area contributed by atoms with E-state index < -0.39 is 30.1 Å². The van der Waals surface area contributed by atoms with Gasteiger partial charge in [-0.3, -0.25) is 19.8 Å². The fourth-order valence-electron chi connectivity index (χ4n) is 1.35. The van der Waals surface area contributed by atoms with Crippen LogP contribution in [0.3, 0.4) is 0 Å². The van der Waals surface area contributed by atoms with E-state index in [2.05, 4.69) is 0 Å². The summed E-state index contributed by atoms with van der Waals surface area (Å²) in [6.45, 7) is 3.75. The second-order valence-electron chi connectivity index (χ2n) is 3.37. The van der Waals surface area contributed by atoms with Crippen molar-refractivity contribution in [2.75, 3.05) is 13.2 Å². The first kappa shape index (κ1) is 12.6. The summed E-state index contributed by atoms with van der Waals surface area (Å²) in [5.41, 5.74) is 0. The molecule has 16 heavy (non-hydrogen) atoms. The largest absolute Gasteiger partial charge is 0.377 e. The number of halogens is 1. The van der Waals surface area contributed by atoms with Crippen LogP contribution in [0.5, 0.6) is 0 Å². The van der Waals surface area contributed by atoms with Crippen molar-refractivity contribution in [3.8, 4) is 0 Å². The number of ether oxygens (including phenoxy) is 1. The number of nitrogens with one attached hydrogen (secondary N) is 1. The Morgan fingerprint density at radius 2 is 2.12 bits per heavy atom. The van der Waals surface area contributed by atoms with Crippen molar-refractivity contribution in [3.63, 3.8) is 0 Å². The number of amides is 4. The Morgan fingerprint density at radius 1 is 1.50 bits per heavy atom. The molecule has 1 N–H and O–H groups in total. The van der Waals surface area contributed by atoms with E-state index in [1.807, 2.05) is 0 Å².